The Labute approximate surface area is 246 Å². The molecule has 4 saturated carbocycles. The van der Waals surface area contributed by atoms with Crippen LogP contribution < -0.4 is 10.6 Å². The number of fused-ring (bicyclic) bond motifs is 1. The number of para-hydroxylation sites is 1. The Morgan fingerprint density at radius 3 is 2.31 bits per heavy atom. The van der Waals surface area contributed by atoms with Gasteiger partial charge in [0.2, 0.25) is 0 Å². The summed E-state index contributed by atoms with van der Waals surface area (Å²) in [6, 6.07) is 18.7. The van der Waals surface area contributed by atoms with E-state index < -0.39 is 24.0 Å². The van der Waals surface area contributed by atoms with Gasteiger partial charge in [0.05, 0.1) is 12.6 Å². The Hall–Kier alpha value is -3.94. The van der Waals surface area contributed by atoms with Crippen LogP contribution in [0, 0.1) is 17.8 Å². The van der Waals surface area contributed by atoms with E-state index in [9.17, 15) is 14.4 Å². The van der Waals surface area contributed by atoms with Crippen molar-refractivity contribution in [3.63, 3.8) is 0 Å². The Kier molecular flexibility index (Phi) is 8.13. The number of carbonyl (C=O) groups is 3. The standard InChI is InChI=1S/C34H39N3O5/c1-41-32(39)29(12-7-13-35-33(40)42-21-22-8-3-2-4-9-22)37-31(38)30-17-27(26-10-5-6-11-28(26)36-30)34-18-23-14-24(19-34)16-25(15-23)20-34/h2-6,8-11,17,23-25,29H,7,12-16,18-21H2,1H3,(H,35,40)(H,37,38)/t23?,24?,25?,29-,34?/m0/s1. The van der Waals surface area contributed by atoms with Crippen LogP contribution in [0.25, 0.3) is 10.9 Å². The molecule has 0 saturated heterocycles. The number of hydrogen-bond acceptors (Lipinski definition) is 6. The van der Waals surface area contributed by atoms with Crippen LogP contribution >= 0.6 is 0 Å². The topological polar surface area (TPSA) is 107 Å². The van der Waals surface area contributed by atoms with Crippen LogP contribution in [0.1, 0.15) is 73.0 Å². The minimum atomic E-state index is -0.860. The summed E-state index contributed by atoms with van der Waals surface area (Å²) < 4.78 is 10.2. The lowest BCUT2D eigenvalue weighted by Gasteiger charge is -2.57. The average molecular weight is 570 g/mol. The van der Waals surface area contributed by atoms with E-state index in [1.807, 2.05) is 54.6 Å². The van der Waals surface area contributed by atoms with Gasteiger partial charge in [-0.3, -0.25) is 4.79 Å². The van der Waals surface area contributed by atoms with Crippen LogP contribution in [-0.4, -0.2) is 42.7 Å². The number of methoxy groups -OCH3 is 1. The second kappa shape index (κ2) is 12.1. The zero-order chi connectivity index (χ0) is 29.1. The van der Waals surface area contributed by atoms with Gasteiger partial charge in [0.15, 0.2) is 0 Å². The molecule has 0 aliphatic heterocycles. The molecule has 2 N–H and O–H groups in total. The third-order valence-electron chi connectivity index (χ3n) is 9.50. The molecule has 7 rings (SSSR count). The summed E-state index contributed by atoms with van der Waals surface area (Å²) in [5.41, 5.74) is 3.37. The number of rotatable bonds is 10. The average Bonchev–Trinajstić information content (AvgIpc) is 3.00. The third kappa shape index (κ3) is 5.98. The molecule has 42 heavy (non-hydrogen) atoms. The number of nitrogens with one attached hydrogen (secondary N) is 2. The fraction of sp³-hybridized carbons (Fsp3) is 0.471. The van der Waals surface area contributed by atoms with Crippen LogP contribution in [0.4, 0.5) is 4.79 Å². The second-order valence-electron chi connectivity index (χ2n) is 12.5. The first-order valence-corrected chi connectivity index (χ1v) is 15.2. The van der Waals surface area contributed by atoms with Crippen molar-refractivity contribution in [3.8, 4) is 0 Å². The molecule has 1 heterocycles. The van der Waals surface area contributed by atoms with Crippen molar-refractivity contribution in [2.45, 2.75) is 69.4 Å². The van der Waals surface area contributed by atoms with Gasteiger partial charge in [-0.15, -0.1) is 0 Å². The van der Waals surface area contributed by atoms with E-state index in [4.69, 9.17) is 14.5 Å². The SMILES string of the molecule is COC(=O)[C@H](CCCNC(=O)OCc1ccccc1)NC(=O)c1cc(C23CC4CC(CC(C4)C2)C3)c2ccccc2n1. The largest absolute Gasteiger partial charge is 0.467 e. The number of hydrogen-bond donors (Lipinski definition) is 2. The lowest BCUT2D eigenvalue weighted by Crippen LogP contribution is -2.48. The maximum Gasteiger partial charge on any atom is 0.407 e. The molecule has 8 heteroatoms. The molecule has 4 aliphatic carbocycles. The number of alkyl carbamates (subject to hydrolysis) is 1. The van der Waals surface area contributed by atoms with Gasteiger partial charge >= 0.3 is 12.1 Å². The van der Waals surface area contributed by atoms with Crippen molar-refractivity contribution in [2.24, 2.45) is 17.8 Å². The molecule has 2 amide bonds. The molecule has 1 atom stereocenters. The molecule has 3 aromatic rings. The van der Waals surface area contributed by atoms with E-state index in [2.05, 4.69) is 16.7 Å². The Bertz CT molecular complexity index is 1420. The van der Waals surface area contributed by atoms with Crippen LogP contribution in [0.15, 0.2) is 60.7 Å². The van der Waals surface area contributed by atoms with Crippen molar-refractivity contribution in [3.05, 3.63) is 77.5 Å². The van der Waals surface area contributed by atoms with Gasteiger partial charge in [-0.25, -0.2) is 14.6 Å². The van der Waals surface area contributed by atoms with E-state index in [1.165, 1.54) is 51.2 Å². The first-order chi connectivity index (χ1) is 20.4. The summed E-state index contributed by atoms with van der Waals surface area (Å²) in [4.78, 5) is 43.0. The lowest BCUT2D eigenvalue weighted by atomic mass is 9.48. The van der Waals surface area contributed by atoms with Crippen molar-refractivity contribution >= 4 is 28.9 Å². The smallest absolute Gasteiger partial charge is 0.407 e. The first kappa shape index (κ1) is 28.2. The number of benzene rings is 2. The van der Waals surface area contributed by atoms with Gasteiger partial charge in [-0.05, 0) is 97.8 Å². The number of carbonyl (C=O) groups excluding carboxylic acids is 3. The molecule has 0 unspecified atom stereocenters. The Balaban J connectivity index is 1.12. The highest BCUT2D eigenvalue weighted by atomic mass is 16.5. The molecular formula is C34H39N3O5. The highest BCUT2D eigenvalue weighted by Gasteiger charge is 2.52. The van der Waals surface area contributed by atoms with Crippen LogP contribution in [0.5, 0.6) is 0 Å². The highest BCUT2D eigenvalue weighted by molar-refractivity contribution is 5.98. The summed E-state index contributed by atoms with van der Waals surface area (Å²) in [5.74, 6) is 1.39. The fourth-order valence-electron chi connectivity index (χ4n) is 8.07. The number of pyridine rings is 1. The first-order valence-electron chi connectivity index (χ1n) is 15.2. The van der Waals surface area contributed by atoms with Gasteiger partial charge in [0, 0.05) is 11.9 Å². The van der Waals surface area contributed by atoms with Crippen LogP contribution in [-0.2, 0) is 26.3 Å². The summed E-state index contributed by atoms with van der Waals surface area (Å²) in [5, 5.41) is 6.70. The maximum atomic E-state index is 13.6. The summed E-state index contributed by atoms with van der Waals surface area (Å²) >= 11 is 0. The van der Waals surface area contributed by atoms with Gasteiger partial charge in [-0.2, -0.15) is 0 Å². The Morgan fingerprint density at radius 2 is 1.62 bits per heavy atom. The number of ether oxygens (including phenoxy) is 2. The highest BCUT2D eigenvalue weighted by Crippen LogP contribution is 2.61. The molecule has 220 valence electrons. The van der Waals surface area contributed by atoms with Crippen molar-refractivity contribution < 1.29 is 23.9 Å². The fourth-order valence-corrected chi connectivity index (χ4v) is 8.07. The van der Waals surface area contributed by atoms with Gasteiger partial charge in [-0.1, -0.05) is 48.5 Å². The molecule has 4 fully saturated rings. The normalized spacial score (nSPS) is 24.6. The number of esters is 1. The minimum absolute atomic E-state index is 0.0921. The molecule has 2 aromatic carbocycles. The number of amides is 2. The van der Waals surface area contributed by atoms with E-state index in [1.54, 1.807) is 0 Å². The Morgan fingerprint density at radius 1 is 0.952 bits per heavy atom. The minimum Gasteiger partial charge on any atom is -0.467 e. The van der Waals surface area contributed by atoms with Crippen molar-refractivity contribution in [1.82, 2.24) is 15.6 Å². The second-order valence-corrected chi connectivity index (χ2v) is 12.5. The lowest BCUT2D eigenvalue weighted by molar-refractivity contribution is -0.143. The molecule has 0 radical (unpaired) electrons. The summed E-state index contributed by atoms with van der Waals surface area (Å²) in [6.45, 7) is 0.471. The molecule has 0 spiro atoms. The summed E-state index contributed by atoms with van der Waals surface area (Å²) in [7, 11) is 1.31. The van der Waals surface area contributed by atoms with E-state index in [0.717, 1.165) is 34.2 Å². The van der Waals surface area contributed by atoms with Crippen molar-refractivity contribution in [2.75, 3.05) is 13.7 Å². The van der Waals surface area contributed by atoms with E-state index >= 15 is 0 Å². The van der Waals surface area contributed by atoms with Crippen molar-refractivity contribution in [1.29, 1.82) is 0 Å². The van der Waals surface area contributed by atoms with Crippen LogP contribution in [0.3, 0.4) is 0 Å². The zero-order valence-electron chi connectivity index (χ0n) is 24.1. The summed E-state index contributed by atoms with van der Waals surface area (Å²) in [6.07, 6.45) is 7.79. The van der Waals surface area contributed by atoms with Crippen LogP contribution in [0.2, 0.25) is 0 Å². The zero-order valence-corrected chi connectivity index (χ0v) is 24.1. The van der Waals surface area contributed by atoms with E-state index in [0.29, 0.717) is 25.1 Å². The molecular weight excluding hydrogens is 530 g/mol. The monoisotopic (exact) mass is 569 g/mol. The van der Waals surface area contributed by atoms with Gasteiger partial charge in [0.1, 0.15) is 18.3 Å². The molecule has 8 nitrogen and oxygen atoms in total. The predicted octanol–water partition coefficient (Wildman–Crippen LogP) is 5.68. The predicted molar refractivity (Wildman–Crippen MR) is 159 cm³/mol. The van der Waals surface area contributed by atoms with Gasteiger partial charge in [0.25, 0.3) is 5.91 Å². The van der Waals surface area contributed by atoms with Gasteiger partial charge < -0.3 is 20.1 Å². The molecule has 4 aliphatic rings. The molecule has 1 aromatic heterocycles. The quantitative estimate of drug-likeness (QED) is 0.240. The van der Waals surface area contributed by atoms with E-state index in [-0.39, 0.29) is 12.0 Å². The molecule has 4 bridgehead atoms. The maximum absolute atomic E-state index is 13.6. The number of nitrogens with zero attached hydrogens (tertiary/aromatic N) is 1. The number of aromatic nitrogens is 1. The third-order valence-corrected chi connectivity index (χ3v) is 9.50.